The lowest BCUT2D eigenvalue weighted by Gasteiger charge is -2.21. The summed E-state index contributed by atoms with van der Waals surface area (Å²) in [5.41, 5.74) is 2.24. The van der Waals surface area contributed by atoms with Crippen LogP contribution in [0.3, 0.4) is 0 Å². The molecular formula is C18H18N4O3S2. The fourth-order valence-corrected chi connectivity index (χ4v) is 4.06. The van der Waals surface area contributed by atoms with Crippen molar-refractivity contribution < 1.29 is 13.2 Å². The van der Waals surface area contributed by atoms with Gasteiger partial charge in [-0.3, -0.25) is 14.4 Å². The first-order chi connectivity index (χ1) is 12.8. The molecular weight excluding hydrogens is 384 g/mol. The number of benzene rings is 2. The number of hydrogen-bond acceptors (Lipinski definition) is 6. The van der Waals surface area contributed by atoms with Gasteiger partial charge in [0, 0.05) is 5.56 Å². The average Bonchev–Trinajstić information content (AvgIpc) is 3.08. The molecule has 0 aliphatic heterocycles. The van der Waals surface area contributed by atoms with Crippen LogP contribution in [0.25, 0.3) is 10.6 Å². The zero-order valence-corrected chi connectivity index (χ0v) is 16.4. The molecule has 0 fully saturated rings. The van der Waals surface area contributed by atoms with Crippen molar-refractivity contribution in [2.75, 3.05) is 22.4 Å². The number of aromatic nitrogens is 2. The van der Waals surface area contributed by atoms with Crippen molar-refractivity contribution in [2.24, 2.45) is 0 Å². The van der Waals surface area contributed by atoms with Crippen LogP contribution in [0.5, 0.6) is 0 Å². The van der Waals surface area contributed by atoms with Gasteiger partial charge in [0.15, 0.2) is 0 Å². The molecule has 0 spiro atoms. The Hall–Kier alpha value is -2.78. The van der Waals surface area contributed by atoms with E-state index in [4.69, 9.17) is 0 Å². The van der Waals surface area contributed by atoms with Gasteiger partial charge in [0.05, 0.1) is 11.9 Å². The molecule has 0 radical (unpaired) electrons. The third kappa shape index (κ3) is 4.89. The van der Waals surface area contributed by atoms with Gasteiger partial charge in [-0.1, -0.05) is 53.8 Å². The molecule has 1 heterocycles. The largest absolute Gasteiger partial charge is 0.299 e. The molecule has 0 atom stereocenters. The highest BCUT2D eigenvalue weighted by Gasteiger charge is 2.21. The molecule has 1 aromatic heterocycles. The Morgan fingerprint density at radius 1 is 1.11 bits per heavy atom. The highest BCUT2D eigenvalue weighted by molar-refractivity contribution is 7.92. The summed E-state index contributed by atoms with van der Waals surface area (Å²) in [7, 11) is -3.62. The van der Waals surface area contributed by atoms with Crippen molar-refractivity contribution in [3.8, 4) is 10.6 Å². The van der Waals surface area contributed by atoms with Gasteiger partial charge in [-0.25, -0.2) is 8.42 Å². The summed E-state index contributed by atoms with van der Waals surface area (Å²) >= 11 is 1.23. The van der Waals surface area contributed by atoms with Crippen LogP contribution < -0.4 is 9.62 Å². The number of anilines is 2. The lowest BCUT2D eigenvalue weighted by molar-refractivity contribution is -0.114. The van der Waals surface area contributed by atoms with Gasteiger partial charge in [-0.2, -0.15) is 0 Å². The molecule has 0 bridgehead atoms. The van der Waals surface area contributed by atoms with Crippen molar-refractivity contribution >= 4 is 38.1 Å². The van der Waals surface area contributed by atoms with E-state index in [1.807, 2.05) is 43.3 Å². The lowest BCUT2D eigenvalue weighted by Crippen LogP contribution is -2.37. The number of amides is 1. The first kappa shape index (κ1) is 19.0. The molecule has 140 valence electrons. The van der Waals surface area contributed by atoms with Gasteiger partial charge >= 0.3 is 0 Å². The van der Waals surface area contributed by atoms with E-state index < -0.39 is 15.9 Å². The van der Waals surface area contributed by atoms with Crippen molar-refractivity contribution in [1.29, 1.82) is 0 Å². The summed E-state index contributed by atoms with van der Waals surface area (Å²) in [4.78, 5) is 12.4. The quantitative estimate of drug-likeness (QED) is 0.684. The Morgan fingerprint density at radius 2 is 1.85 bits per heavy atom. The zero-order chi connectivity index (χ0) is 19.4. The first-order valence-electron chi connectivity index (χ1n) is 8.06. The Bertz CT molecular complexity index is 1050. The molecule has 0 unspecified atom stereocenters. The van der Waals surface area contributed by atoms with E-state index in [0.717, 1.165) is 21.7 Å². The predicted molar refractivity (Wildman–Crippen MR) is 107 cm³/mol. The maximum atomic E-state index is 12.4. The van der Waals surface area contributed by atoms with Crippen LogP contribution in [0.4, 0.5) is 10.8 Å². The smallest absolute Gasteiger partial charge is 0.246 e. The van der Waals surface area contributed by atoms with Crippen LogP contribution in [0.2, 0.25) is 0 Å². The van der Waals surface area contributed by atoms with E-state index in [-0.39, 0.29) is 6.54 Å². The van der Waals surface area contributed by atoms with Crippen LogP contribution >= 0.6 is 11.3 Å². The fourth-order valence-electron chi connectivity index (χ4n) is 2.44. The minimum Gasteiger partial charge on any atom is -0.299 e. The van der Waals surface area contributed by atoms with Gasteiger partial charge in [0.25, 0.3) is 0 Å². The number of hydrogen-bond donors (Lipinski definition) is 1. The number of sulfonamides is 1. The van der Waals surface area contributed by atoms with E-state index in [1.165, 1.54) is 11.3 Å². The maximum absolute atomic E-state index is 12.4. The van der Waals surface area contributed by atoms with E-state index in [1.54, 1.807) is 18.2 Å². The summed E-state index contributed by atoms with van der Waals surface area (Å²) in [5.74, 6) is -0.488. The van der Waals surface area contributed by atoms with Crippen molar-refractivity contribution in [3.63, 3.8) is 0 Å². The highest BCUT2D eigenvalue weighted by atomic mass is 32.2. The second kappa shape index (κ2) is 7.85. The third-order valence-electron chi connectivity index (χ3n) is 3.67. The topological polar surface area (TPSA) is 92.3 Å². The molecule has 0 saturated carbocycles. The molecule has 1 N–H and O–H groups in total. The number of nitrogens with one attached hydrogen (secondary N) is 1. The Morgan fingerprint density at radius 3 is 2.52 bits per heavy atom. The van der Waals surface area contributed by atoms with Gasteiger partial charge < -0.3 is 0 Å². The van der Waals surface area contributed by atoms with Crippen LogP contribution in [0, 0.1) is 6.92 Å². The van der Waals surface area contributed by atoms with Crippen molar-refractivity contribution in [2.45, 2.75) is 6.92 Å². The van der Waals surface area contributed by atoms with Crippen LogP contribution in [0.15, 0.2) is 54.6 Å². The van der Waals surface area contributed by atoms with E-state index >= 15 is 0 Å². The Kier molecular flexibility index (Phi) is 5.52. The lowest BCUT2D eigenvalue weighted by atomic mass is 10.2. The molecule has 2 aromatic carbocycles. The number of carbonyl (C=O) groups excluding carboxylic acids is 1. The minimum atomic E-state index is -3.62. The molecule has 1 amide bonds. The first-order valence-corrected chi connectivity index (χ1v) is 10.7. The molecule has 7 nitrogen and oxygen atoms in total. The number of nitrogens with zero attached hydrogens (tertiary/aromatic N) is 3. The summed E-state index contributed by atoms with van der Waals surface area (Å²) in [5, 5.41) is 11.6. The summed E-state index contributed by atoms with van der Waals surface area (Å²) in [6, 6.07) is 16.4. The third-order valence-corrected chi connectivity index (χ3v) is 5.70. The molecule has 0 aliphatic rings. The Balaban J connectivity index is 1.75. The van der Waals surface area contributed by atoms with Crippen LogP contribution in [0.1, 0.15) is 5.56 Å². The summed E-state index contributed by atoms with van der Waals surface area (Å²) in [6.07, 6.45) is 1.07. The number of carbonyl (C=O) groups is 1. The number of rotatable bonds is 6. The van der Waals surface area contributed by atoms with Gasteiger partial charge in [0.1, 0.15) is 11.6 Å². The van der Waals surface area contributed by atoms with Gasteiger partial charge in [-0.05, 0) is 24.6 Å². The normalized spacial score (nSPS) is 11.2. The standard InChI is InChI=1S/C18H18N4O3S2/c1-13-7-6-10-15(11-13)22(27(2,24)25)12-16(23)19-18-21-20-17(26-18)14-8-4-3-5-9-14/h3-11H,12H2,1-2H3,(H,19,21,23). The molecule has 3 rings (SSSR count). The van der Waals surface area contributed by atoms with E-state index in [0.29, 0.717) is 15.8 Å². The summed E-state index contributed by atoms with van der Waals surface area (Å²) < 4.78 is 25.3. The fraction of sp³-hybridized carbons (Fsp3) is 0.167. The monoisotopic (exact) mass is 402 g/mol. The molecule has 27 heavy (non-hydrogen) atoms. The second-order valence-electron chi connectivity index (χ2n) is 5.94. The maximum Gasteiger partial charge on any atom is 0.246 e. The number of aryl methyl sites for hydroxylation is 1. The van der Waals surface area contributed by atoms with E-state index in [9.17, 15) is 13.2 Å². The van der Waals surface area contributed by atoms with E-state index in [2.05, 4.69) is 15.5 Å². The van der Waals surface area contributed by atoms with Gasteiger partial charge in [-0.15, -0.1) is 10.2 Å². The highest BCUT2D eigenvalue weighted by Crippen LogP contribution is 2.26. The van der Waals surface area contributed by atoms with Crippen LogP contribution in [-0.2, 0) is 14.8 Å². The van der Waals surface area contributed by atoms with Crippen LogP contribution in [-0.4, -0.2) is 37.3 Å². The minimum absolute atomic E-state index is 0.316. The molecule has 0 aliphatic carbocycles. The average molecular weight is 403 g/mol. The van der Waals surface area contributed by atoms with Crippen molar-refractivity contribution in [1.82, 2.24) is 10.2 Å². The SMILES string of the molecule is Cc1cccc(N(CC(=O)Nc2nnc(-c3ccccc3)s2)S(C)(=O)=O)c1. The van der Waals surface area contributed by atoms with Gasteiger partial charge in [0.2, 0.25) is 21.1 Å². The second-order valence-corrected chi connectivity index (χ2v) is 8.82. The predicted octanol–water partition coefficient (Wildman–Crippen LogP) is 2.92. The zero-order valence-electron chi connectivity index (χ0n) is 14.8. The molecule has 3 aromatic rings. The van der Waals surface area contributed by atoms with Crippen molar-refractivity contribution in [3.05, 3.63) is 60.2 Å². The Labute approximate surface area is 161 Å². The summed E-state index contributed by atoms with van der Waals surface area (Å²) in [6.45, 7) is 1.51. The molecule has 0 saturated heterocycles. The molecule has 9 heteroatoms.